The van der Waals surface area contributed by atoms with Gasteiger partial charge in [-0.1, -0.05) is 30.3 Å². The summed E-state index contributed by atoms with van der Waals surface area (Å²) in [7, 11) is 1.74. The normalized spacial score (nSPS) is 11.6. The number of nitrogens with one attached hydrogen (secondary N) is 1. The van der Waals surface area contributed by atoms with Crippen LogP contribution in [-0.2, 0) is 17.6 Å². The average Bonchev–Trinajstić information content (AvgIpc) is 2.65. The third kappa shape index (κ3) is 6.93. The zero-order valence-electron chi connectivity index (χ0n) is 15.0. The lowest BCUT2D eigenvalue weighted by molar-refractivity contribution is -0.137. The zero-order valence-corrected chi connectivity index (χ0v) is 15.0. The molecule has 0 aliphatic rings. The van der Waals surface area contributed by atoms with Crippen molar-refractivity contribution in [1.82, 2.24) is 15.2 Å². The van der Waals surface area contributed by atoms with E-state index in [1.165, 1.54) is 0 Å². The molecule has 1 aromatic carbocycles. The quantitative estimate of drug-likeness (QED) is 0.724. The minimum atomic E-state index is -0.858. The molecule has 0 saturated heterocycles. The first-order valence-corrected chi connectivity index (χ1v) is 8.71. The highest BCUT2D eigenvalue weighted by Crippen LogP contribution is 2.09. The Balaban J connectivity index is 1.89. The molecule has 2 amide bonds. The van der Waals surface area contributed by atoms with Gasteiger partial charge in [-0.15, -0.1) is 0 Å². The Hall–Kier alpha value is -2.89. The second-order valence-corrected chi connectivity index (χ2v) is 6.30. The van der Waals surface area contributed by atoms with Crippen LogP contribution in [0.3, 0.4) is 0 Å². The summed E-state index contributed by atoms with van der Waals surface area (Å²) in [5.41, 5.74) is 2.19. The predicted molar refractivity (Wildman–Crippen MR) is 99.9 cm³/mol. The predicted octanol–water partition coefficient (Wildman–Crippen LogP) is 2.74. The highest BCUT2D eigenvalue weighted by Gasteiger charge is 2.17. The molecule has 1 atom stereocenters. The summed E-state index contributed by atoms with van der Waals surface area (Å²) in [6, 6.07) is 13.2. The van der Waals surface area contributed by atoms with Crippen LogP contribution in [0.1, 0.15) is 24.0 Å². The minimum absolute atomic E-state index is 0.0263. The van der Waals surface area contributed by atoms with Crippen LogP contribution >= 0.6 is 0 Å². The molecule has 0 spiro atoms. The van der Waals surface area contributed by atoms with Crippen molar-refractivity contribution in [3.8, 4) is 0 Å². The Kier molecular flexibility index (Phi) is 7.61. The Morgan fingerprint density at radius 3 is 2.46 bits per heavy atom. The first-order chi connectivity index (χ1) is 12.5. The van der Waals surface area contributed by atoms with Crippen LogP contribution in [0, 0.1) is 0 Å². The molecule has 6 nitrogen and oxygen atoms in total. The van der Waals surface area contributed by atoms with E-state index < -0.39 is 5.97 Å². The molecule has 26 heavy (non-hydrogen) atoms. The number of carboxylic acid groups (broad SMARTS) is 1. The Morgan fingerprint density at radius 1 is 1.12 bits per heavy atom. The van der Waals surface area contributed by atoms with E-state index in [0.717, 1.165) is 17.5 Å². The lowest BCUT2D eigenvalue weighted by Crippen LogP contribution is -2.44. The number of likely N-dealkylation sites (N-methyl/N-ethyl adjacent to an activating group) is 1. The number of aromatic nitrogens is 1. The fourth-order valence-corrected chi connectivity index (χ4v) is 2.65. The standard InChI is InChI=1S/C20H25N3O3/c1-23(14-11-16-9-12-21-13-10-16)20(26)22-18(7-8-19(24)25)15-17-5-3-2-4-6-17/h2-6,9-10,12-13,18H,7-8,11,14-15H2,1H3,(H,22,26)(H,24,25). The molecular weight excluding hydrogens is 330 g/mol. The van der Waals surface area contributed by atoms with E-state index in [9.17, 15) is 9.59 Å². The van der Waals surface area contributed by atoms with Crippen LogP contribution in [0.5, 0.6) is 0 Å². The van der Waals surface area contributed by atoms with E-state index >= 15 is 0 Å². The van der Waals surface area contributed by atoms with Gasteiger partial charge in [-0.3, -0.25) is 9.78 Å². The smallest absolute Gasteiger partial charge is 0.317 e. The largest absolute Gasteiger partial charge is 0.481 e. The van der Waals surface area contributed by atoms with Crippen molar-refractivity contribution in [2.45, 2.75) is 31.7 Å². The van der Waals surface area contributed by atoms with Crippen LogP contribution in [0.25, 0.3) is 0 Å². The number of nitrogens with zero attached hydrogens (tertiary/aromatic N) is 2. The summed E-state index contributed by atoms with van der Waals surface area (Å²) in [5, 5.41) is 11.9. The van der Waals surface area contributed by atoms with Gasteiger partial charge in [0.25, 0.3) is 0 Å². The highest BCUT2D eigenvalue weighted by molar-refractivity contribution is 5.74. The highest BCUT2D eigenvalue weighted by atomic mass is 16.4. The van der Waals surface area contributed by atoms with Crippen LogP contribution in [0.4, 0.5) is 4.79 Å². The van der Waals surface area contributed by atoms with Gasteiger partial charge < -0.3 is 15.3 Å². The van der Waals surface area contributed by atoms with E-state index in [-0.39, 0.29) is 18.5 Å². The molecule has 2 rings (SSSR count). The molecule has 0 radical (unpaired) electrons. The van der Waals surface area contributed by atoms with Gasteiger partial charge in [-0.25, -0.2) is 4.79 Å². The number of rotatable bonds is 9. The number of amides is 2. The van der Waals surface area contributed by atoms with Gasteiger partial charge in [0.05, 0.1) is 0 Å². The van der Waals surface area contributed by atoms with Crippen molar-refractivity contribution in [3.05, 3.63) is 66.0 Å². The first-order valence-electron chi connectivity index (χ1n) is 8.71. The van der Waals surface area contributed by atoms with Crippen molar-refractivity contribution in [3.63, 3.8) is 0 Å². The molecule has 6 heteroatoms. The monoisotopic (exact) mass is 355 g/mol. The van der Waals surface area contributed by atoms with Crippen molar-refractivity contribution in [2.24, 2.45) is 0 Å². The maximum absolute atomic E-state index is 12.5. The third-order valence-electron chi connectivity index (χ3n) is 4.19. The van der Waals surface area contributed by atoms with Crippen molar-refractivity contribution in [1.29, 1.82) is 0 Å². The fourth-order valence-electron chi connectivity index (χ4n) is 2.65. The van der Waals surface area contributed by atoms with Crippen LogP contribution < -0.4 is 5.32 Å². The Bertz CT molecular complexity index is 692. The van der Waals surface area contributed by atoms with E-state index in [2.05, 4.69) is 10.3 Å². The number of urea groups is 1. The van der Waals surface area contributed by atoms with Gasteiger partial charge in [0.2, 0.25) is 0 Å². The lowest BCUT2D eigenvalue weighted by atomic mass is 10.0. The summed E-state index contributed by atoms with van der Waals surface area (Å²) in [4.78, 5) is 29.0. The van der Waals surface area contributed by atoms with Gasteiger partial charge >= 0.3 is 12.0 Å². The number of carboxylic acids is 1. The second kappa shape index (κ2) is 10.2. The maximum atomic E-state index is 12.5. The summed E-state index contributed by atoms with van der Waals surface area (Å²) in [5.74, 6) is -0.858. The average molecular weight is 355 g/mol. The van der Waals surface area contributed by atoms with E-state index in [0.29, 0.717) is 19.4 Å². The molecule has 2 N–H and O–H groups in total. The molecular formula is C20H25N3O3. The first kappa shape index (κ1) is 19.4. The molecule has 138 valence electrons. The van der Waals surface area contributed by atoms with Crippen LogP contribution in [0.2, 0.25) is 0 Å². The number of carbonyl (C=O) groups is 2. The van der Waals surface area contributed by atoms with Gasteiger partial charge in [-0.05, 0) is 42.5 Å². The van der Waals surface area contributed by atoms with Crippen LogP contribution in [0.15, 0.2) is 54.9 Å². The number of aliphatic carboxylic acids is 1. The summed E-state index contributed by atoms with van der Waals surface area (Å²) in [6.07, 6.45) is 5.24. The van der Waals surface area contributed by atoms with E-state index in [1.54, 1.807) is 24.3 Å². The second-order valence-electron chi connectivity index (χ2n) is 6.30. The minimum Gasteiger partial charge on any atom is -0.481 e. The molecule has 2 aromatic rings. The number of hydrogen-bond acceptors (Lipinski definition) is 3. The van der Waals surface area contributed by atoms with Gasteiger partial charge in [0.1, 0.15) is 0 Å². The van der Waals surface area contributed by atoms with Crippen molar-refractivity contribution in [2.75, 3.05) is 13.6 Å². The Labute approximate surface area is 153 Å². The maximum Gasteiger partial charge on any atom is 0.317 e. The number of benzene rings is 1. The molecule has 0 saturated carbocycles. The van der Waals surface area contributed by atoms with Gasteiger partial charge in [-0.2, -0.15) is 0 Å². The van der Waals surface area contributed by atoms with Gasteiger partial charge in [0.15, 0.2) is 0 Å². The molecule has 1 unspecified atom stereocenters. The molecule has 0 fully saturated rings. The van der Waals surface area contributed by atoms with Gasteiger partial charge in [0, 0.05) is 38.4 Å². The summed E-state index contributed by atoms with van der Waals surface area (Å²) < 4.78 is 0. The van der Waals surface area contributed by atoms with Crippen molar-refractivity contribution < 1.29 is 14.7 Å². The fraction of sp³-hybridized carbons (Fsp3) is 0.350. The number of carbonyl (C=O) groups excluding carboxylic acids is 1. The summed E-state index contributed by atoms with van der Waals surface area (Å²) in [6.45, 7) is 0.576. The molecule has 0 aliphatic heterocycles. The molecule has 0 aliphatic carbocycles. The topological polar surface area (TPSA) is 82.5 Å². The molecule has 1 aromatic heterocycles. The third-order valence-corrected chi connectivity index (χ3v) is 4.19. The number of hydrogen-bond donors (Lipinski definition) is 2. The van der Waals surface area contributed by atoms with E-state index in [1.807, 2.05) is 42.5 Å². The zero-order chi connectivity index (χ0) is 18.8. The SMILES string of the molecule is CN(CCc1ccncc1)C(=O)NC(CCC(=O)O)Cc1ccccc1. The number of pyridine rings is 1. The summed E-state index contributed by atoms with van der Waals surface area (Å²) >= 11 is 0. The lowest BCUT2D eigenvalue weighted by Gasteiger charge is -2.23. The molecule has 1 heterocycles. The Morgan fingerprint density at radius 2 is 1.81 bits per heavy atom. The van der Waals surface area contributed by atoms with Crippen LogP contribution in [-0.4, -0.2) is 46.6 Å². The van der Waals surface area contributed by atoms with E-state index in [4.69, 9.17) is 5.11 Å². The van der Waals surface area contributed by atoms with Crippen molar-refractivity contribution >= 4 is 12.0 Å². The molecule has 0 bridgehead atoms.